The molecule has 2 aromatic carbocycles. The van der Waals surface area contributed by atoms with Gasteiger partial charge in [0.15, 0.2) is 15.0 Å². The summed E-state index contributed by atoms with van der Waals surface area (Å²) in [4.78, 5) is 18.8. The lowest BCUT2D eigenvalue weighted by Crippen LogP contribution is -2.37. The van der Waals surface area contributed by atoms with E-state index in [2.05, 4.69) is 4.99 Å². The van der Waals surface area contributed by atoms with E-state index in [1.165, 1.54) is 23.9 Å². The zero-order valence-corrected chi connectivity index (χ0v) is 17.2. The van der Waals surface area contributed by atoms with Crippen molar-refractivity contribution >= 4 is 32.7 Å². The summed E-state index contributed by atoms with van der Waals surface area (Å²) in [5, 5.41) is 0.336. The fraction of sp³-hybridized carbons (Fsp3) is 0.300. The van der Waals surface area contributed by atoms with Gasteiger partial charge in [-0.1, -0.05) is 23.9 Å². The lowest BCUT2D eigenvalue weighted by molar-refractivity contribution is 0.100. The Hall–Kier alpha value is -2.39. The molecule has 0 N–H and O–H groups in total. The topological polar surface area (TPSA) is 76.0 Å². The van der Waals surface area contributed by atoms with Crippen LogP contribution >= 0.6 is 11.8 Å². The number of carbonyl (C=O) groups is 1. The van der Waals surface area contributed by atoms with Crippen LogP contribution in [0.1, 0.15) is 15.9 Å². The van der Waals surface area contributed by atoms with Crippen molar-refractivity contribution in [2.75, 3.05) is 18.6 Å². The second-order valence-electron chi connectivity index (χ2n) is 6.98. The van der Waals surface area contributed by atoms with E-state index in [4.69, 9.17) is 4.74 Å². The van der Waals surface area contributed by atoms with Crippen LogP contribution in [-0.2, 0) is 16.4 Å². The maximum Gasteiger partial charge on any atom is 0.279 e. The lowest BCUT2D eigenvalue weighted by Gasteiger charge is -2.24. The molecule has 2 atom stereocenters. The Balaban J connectivity index is 1.62. The number of sulfone groups is 1. The van der Waals surface area contributed by atoms with E-state index >= 15 is 0 Å². The highest BCUT2D eigenvalue weighted by atomic mass is 32.2. The largest absolute Gasteiger partial charge is 0.497 e. The summed E-state index contributed by atoms with van der Waals surface area (Å²) >= 11 is 1.32. The number of hydrogen-bond acceptors (Lipinski definition) is 5. The molecule has 0 saturated carbocycles. The van der Waals surface area contributed by atoms with Crippen molar-refractivity contribution in [3.63, 3.8) is 0 Å². The van der Waals surface area contributed by atoms with Gasteiger partial charge in [-0.05, 0) is 42.0 Å². The van der Waals surface area contributed by atoms with Crippen LogP contribution in [0.5, 0.6) is 5.75 Å². The Kier molecular flexibility index (Phi) is 5.35. The predicted molar refractivity (Wildman–Crippen MR) is 111 cm³/mol. The maximum atomic E-state index is 13.2. The second kappa shape index (κ2) is 7.79. The predicted octanol–water partition coefficient (Wildman–Crippen LogP) is 2.75. The number of methoxy groups -OCH3 is 1. The number of nitrogens with zero attached hydrogens (tertiary/aromatic N) is 2. The zero-order valence-electron chi connectivity index (χ0n) is 15.6. The molecule has 2 aromatic rings. The highest BCUT2D eigenvalue weighted by Gasteiger charge is 2.48. The van der Waals surface area contributed by atoms with Gasteiger partial charge in [0.2, 0.25) is 0 Å². The third kappa shape index (κ3) is 4.30. The molecule has 0 aliphatic carbocycles. The van der Waals surface area contributed by atoms with Crippen molar-refractivity contribution in [3.8, 4) is 5.75 Å². The fourth-order valence-electron chi connectivity index (χ4n) is 3.49. The molecule has 29 heavy (non-hydrogen) atoms. The van der Waals surface area contributed by atoms with Crippen LogP contribution in [0, 0.1) is 5.82 Å². The van der Waals surface area contributed by atoms with Gasteiger partial charge in [0.1, 0.15) is 11.6 Å². The van der Waals surface area contributed by atoms with Crippen molar-refractivity contribution in [3.05, 3.63) is 65.5 Å². The van der Waals surface area contributed by atoms with Crippen LogP contribution in [0.3, 0.4) is 0 Å². The molecule has 2 heterocycles. The Morgan fingerprint density at radius 2 is 1.86 bits per heavy atom. The molecule has 1 amide bonds. The summed E-state index contributed by atoms with van der Waals surface area (Å²) in [6.45, 7) is 0.360. The molecule has 0 bridgehead atoms. The van der Waals surface area contributed by atoms with Crippen molar-refractivity contribution in [2.45, 2.75) is 17.8 Å². The number of thioether (sulfide) groups is 1. The van der Waals surface area contributed by atoms with Crippen LogP contribution < -0.4 is 4.74 Å². The molecule has 152 valence electrons. The van der Waals surface area contributed by atoms with E-state index in [0.717, 1.165) is 5.56 Å². The fourth-order valence-corrected chi connectivity index (χ4v) is 7.44. The molecular formula is C20H19FN2O4S2. The van der Waals surface area contributed by atoms with Gasteiger partial charge in [0, 0.05) is 17.4 Å². The monoisotopic (exact) mass is 434 g/mol. The molecule has 4 rings (SSSR count). The van der Waals surface area contributed by atoms with Crippen LogP contribution in [-0.4, -0.2) is 54.3 Å². The number of amides is 1. The molecule has 2 fully saturated rings. The minimum absolute atomic E-state index is 0.0294. The summed E-state index contributed by atoms with van der Waals surface area (Å²) in [5.41, 5.74) is 1.24. The van der Waals surface area contributed by atoms with Gasteiger partial charge in [-0.15, -0.1) is 0 Å². The number of carbonyl (C=O) groups excluding carboxylic acids is 1. The number of fused-ring (bicyclic) bond motifs is 1. The SMILES string of the molecule is COc1ccc(C(=O)N=C2S[C@@H]3CS(=O)(=O)C[C@H]3N2Cc2ccc(F)cc2)cc1. The molecule has 0 radical (unpaired) electrons. The van der Waals surface area contributed by atoms with Crippen LogP contribution in [0.2, 0.25) is 0 Å². The van der Waals surface area contributed by atoms with Gasteiger partial charge >= 0.3 is 0 Å². The molecule has 0 spiro atoms. The third-order valence-corrected chi connectivity index (χ3v) is 8.22. The van der Waals surface area contributed by atoms with E-state index < -0.39 is 15.7 Å². The van der Waals surface area contributed by atoms with Gasteiger partial charge < -0.3 is 9.64 Å². The molecular weight excluding hydrogens is 415 g/mol. The summed E-state index contributed by atoms with van der Waals surface area (Å²) in [7, 11) is -1.58. The molecule has 0 aromatic heterocycles. The summed E-state index contributed by atoms with van der Waals surface area (Å²) in [6, 6.07) is 12.4. The second-order valence-corrected chi connectivity index (χ2v) is 10.3. The lowest BCUT2D eigenvalue weighted by atomic mass is 10.1. The number of ether oxygens (including phenoxy) is 1. The Labute approximate surface area is 172 Å². The summed E-state index contributed by atoms with van der Waals surface area (Å²) in [6.07, 6.45) is 0. The average Bonchev–Trinajstić information content (AvgIpc) is 3.15. The van der Waals surface area contributed by atoms with E-state index in [1.807, 2.05) is 4.90 Å². The molecule has 2 aliphatic rings. The van der Waals surface area contributed by atoms with E-state index in [0.29, 0.717) is 23.0 Å². The molecule has 0 unspecified atom stereocenters. The minimum atomic E-state index is -3.13. The normalized spacial score (nSPS) is 23.9. The first-order valence-electron chi connectivity index (χ1n) is 9.00. The number of hydrogen-bond donors (Lipinski definition) is 0. The average molecular weight is 435 g/mol. The van der Waals surface area contributed by atoms with Crippen molar-refractivity contribution < 1.29 is 22.3 Å². The molecule has 2 saturated heterocycles. The van der Waals surface area contributed by atoms with Crippen LogP contribution in [0.25, 0.3) is 0 Å². The molecule has 6 nitrogen and oxygen atoms in total. The van der Waals surface area contributed by atoms with Crippen molar-refractivity contribution in [2.24, 2.45) is 4.99 Å². The number of halogens is 1. The number of amidine groups is 1. The maximum absolute atomic E-state index is 13.2. The van der Waals surface area contributed by atoms with Gasteiger partial charge in [0.25, 0.3) is 5.91 Å². The number of aliphatic imine (C=N–C) groups is 1. The zero-order chi connectivity index (χ0) is 20.6. The first kappa shape index (κ1) is 19.9. The van der Waals surface area contributed by atoms with Gasteiger partial charge in [0.05, 0.1) is 24.7 Å². The van der Waals surface area contributed by atoms with Gasteiger partial charge in [-0.3, -0.25) is 4.79 Å². The quantitative estimate of drug-likeness (QED) is 0.737. The Morgan fingerprint density at radius 3 is 2.52 bits per heavy atom. The van der Waals surface area contributed by atoms with Crippen LogP contribution in [0.15, 0.2) is 53.5 Å². The first-order chi connectivity index (χ1) is 13.8. The number of benzene rings is 2. The Bertz CT molecular complexity index is 1050. The van der Waals surface area contributed by atoms with Gasteiger partial charge in [-0.25, -0.2) is 12.8 Å². The van der Waals surface area contributed by atoms with Gasteiger partial charge in [-0.2, -0.15) is 4.99 Å². The van der Waals surface area contributed by atoms with E-state index in [1.54, 1.807) is 43.5 Å². The standard InChI is InChI=1S/C20H19FN2O4S2/c1-27-16-8-4-14(5-9-16)19(24)22-20-23(10-13-2-6-15(21)7-3-13)17-11-29(25,26)12-18(17)28-20/h2-9,17-18H,10-12H2,1H3/t17-,18-/m1/s1. The van der Waals surface area contributed by atoms with Crippen molar-refractivity contribution in [1.29, 1.82) is 0 Å². The number of rotatable bonds is 4. The molecule has 2 aliphatic heterocycles. The third-order valence-electron chi connectivity index (χ3n) is 4.98. The van der Waals surface area contributed by atoms with Crippen LogP contribution in [0.4, 0.5) is 4.39 Å². The Morgan fingerprint density at radius 1 is 1.17 bits per heavy atom. The first-order valence-corrected chi connectivity index (χ1v) is 11.7. The summed E-state index contributed by atoms with van der Waals surface area (Å²) in [5.74, 6) is -0.00164. The molecule has 9 heteroatoms. The summed E-state index contributed by atoms with van der Waals surface area (Å²) < 4.78 is 42.5. The smallest absolute Gasteiger partial charge is 0.279 e. The highest BCUT2D eigenvalue weighted by molar-refractivity contribution is 8.15. The van der Waals surface area contributed by atoms with E-state index in [9.17, 15) is 17.6 Å². The van der Waals surface area contributed by atoms with E-state index in [-0.39, 0.29) is 28.6 Å². The minimum Gasteiger partial charge on any atom is -0.497 e. The van der Waals surface area contributed by atoms with Crippen molar-refractivity contribution in [1.82, 2.24) is 4.90 Å². The highest BCUT2D eigenvalue weighted by Crippen LogP contribution is 2.39.